The van der Waals surface area contributed by atoms with Gasteiger partial charge in [-0.05, 0) is 42.0 Å². The number of rotatable bonds is 7. The largest absolute Gasteiger partial charge is 0.348 e. The number of benzene rings is 2. The van der Waals surface area contributed by atoms with Crippen LogP contribution in [0.5, 0.6) is 0 Å². The van der Waals surface area contributed by atoms with E-state index in [1.54, 1.807) is 24.3 Å². The van der Waals surface area contributed by atoms with E-state index in [0.29, 0.717) is 12.1 Å². The van der Waals surface area contributed by atoms with Crippen LogP contribution in [0.15, 0.2) is 54.6 Å². The summed E-state index contributed by atoms with van der Waals surface area (Å²) in [6.07, 6.45) is 1.49. The molecule has 0 aliphatic heterocycles. The second-order valence-corrected chi connectivity index (χ2v) is 10.3. The monoisotopic (exact) mass is 416 g/mol. The van der Waals surface area contributed by atoms with Gasteiger partial charge in [-0.2, -0.15) is 0 Å². The van der Waals surface area contributed by atoms with Crippen LogP contribution in [0, 0.1) is 0 Å². The van der Waals surface area contributed by atoms with Crippen molar-refractivity contribution in [3.8, 4) is 0 Å². The van der Waals surface area contributed by atoms with Gasteiger partial charge in [-0.3, -0.25) is 9.10 Å². The van der Waals surface area contributed by atoms with Crippen molar-refractivity contribution in [2.45, 2.75) is 58.5 Å². The smallest absolute Gasteiger partial charge is 0.244 e. The highest BCUT2D eigenvalue weighted by Gasteiger charge is 2.32. The Bertz CT molecular complexity index is 917. The number of hydrogen-bond acceptors (Lipinski definition) is 3. The van der Waals surface area contributed by atoms with Crippen LogP contribution in [0.2, 0.25) is 0 Å². The number of sulfonamides is 1. The molecule has 0 aliphatic carbocycles. The molecule has 0 heterocycles. The molecule has 0 bridgehead atoms. The molecule has 0 spiro atoms. The summed E-state index contributed by atoms with van der Waals surface area (Å²) in [5, 5.41) is 2.98. The second kappa shape index (κ2) is 8.99. The third-order valence-corrected chi connectivity index (χ3v) is 6.16. The molecule has 0 saturated heterocycles. The first-order valence-corrected chi connectivity index (χ1v) is 11.7. The first-order valence-electron chi connectivity index (χ1n) is 9.90. The molecule has 5 nitrogen and oxygen atoms in total. The van der Waals surface area contributed by atoms with Gasteiger partial charge in [0.15, 0.2) is 0 Å². The Labute approximate surface area is 175 Å². The van der Waals surface area contributed by atoms with Gasteiger partial charge in [0.1, 0.15) is 6.04 Å². The molecule has 6 heteroatoms. The van der Waals surface area contributed by atoms with E-state index in [1.807, 2.05) is 32.0 Å². The molecule has 2 aromatic carbocycles. The average molecular weight is 417 g/mol. The van der Waals surface area contributed by atoms with Crippen molar-refractivity contribution in [3.05, 3.63) is 65.7 Å². The van der Waals surface area contributed by atoms with E-state index in [0.717, 1.165) is 11.8 Å². The molecular weight excluding hydrogens is 384 g/mol. The van der Waals surface area contributed by atoms with Crippen molar-refractivity contribution in [1.82, 2.24) is 5.32 Å². The van der Waals surface area contributed by atoms with Gasteiger partial charge in [0, 0.05) is 0 Å². The molecule has 2 rings (SSSR count). The predicted octanol–water partition coefficient (Wildman–Crippen LogP) is 4.41. The van der Waals surface area contributed by atoms with Gasteiger partial charge in [-0.25, -0.2) is 8.42 Å². The van der Waals surface area contributed by atoms with Gasteiger partial charge < -0.3 is 5.32 Å². The number of nitrogens with one attached hydrogen (secondary N) is 1. The van der Waals surface area contributed by atoms with Gasteiger partial charge in [0.25, 0.3) is 0 Å². The Morgan fingerprint density at radius 1 is 1.03 bits per heavy atom. The van der Waals surface area contributed by atoms with E-state index in [4.69, 9.17) is 0 Å². The predicted molar refractivity (Wildman–Crippen MR) is 120 cm³/mol. The minimum atomic E-state index is -3.62. The average Bonchev–Trinajstić information content (AvgIpc) is 2.64. The van der Waals surface area contributed by atoms with E-state index in [1.165, 1.54) is 9.87 Å². The molecule has 0 fully saturated rings. The summed E-state index contributed by atoms with van der Waals surface area (Å²) in [4.78, 5) is 13.0. The second-order valence-electron chi connectivity index (χ2n) is 8.42. The van der Waals surface area contributed by atoms with Crippen LogP contribution in [0.25, 0.3) is 0 Å². The van der Waals surface area contributed by atoms with Gasteiger partial charge >= 0.3 is 0 Å². The van der Waals surface area contributed by atoms with Crippen LogP contribution in [-0.4, -0.2) is 26.6 Å². The third-order valence-electron chi connectivity index (χ3n) is 4.98. The van der Waals surface area contributed by atoms with Crippen LogP contribution in [-0.2, 0) is 20.2 Å². The van der Waals surface area contributed by atoms with E-state index < -0.39 is 16.1 Å². The molecule has 1 amide bonds. The minimum absolute atomic E-state index is 0.0595. The molecular formula is C23H32N2O3S. The Balaban J connectivity index is 2.24. The fourth-order valence-electron chi connectivity index (χ4n) is 3.30. The molecule has 29 heavy (non-hydrogen) atoms. The fraction of sp³-hybridized carbons (Fsp3) is 0.435. The highest BCUT2D eigenvalue weighted by Crippen LogP contribution is 2.25. The lowest BCUT2D eigenvalue weighted by Gasteiger charge is -2.31. The zero-order chi connectivity index (χ0) is 21.8. The summed E-state index contributed by atoms with van der Waals surface area (Å²) < 4.78 is 26.1. The molecule has 2 aromatic rings. The maximum absolute atomic E-state index is 13.0. The zero-order valence-corrected chi connectivity index (χ0v) is 19.0. The Kier molecular flexibility index (Phi) is 7.11. The Morgan fingerprint density at radius 3 is 2.03 bits per heavy atom. The van der Waals surface area contributed by atoms with Crippen LogP contribution >= 0.6 is 0 Å². The SMILES string of the molecule is CCC(C(=O)NC(C)c1ccc(C(C)(C)C)cc1)N(c1ccccc1)S(C)(=O)=O. The van der Waals surface area contributed by atoms with E-state index >= 15 is 0 Å². The number of amides is 1. The first kappa shape index (κ1) is 22.9. The van der Waals surface area contributed by atoms with E-state index in [2.05, 4.69) is 38.2 Å². The van der Waals surface area contributed by atoms with Crippen LogP contribution in [0.3, 0.4) is 0 Å². The molecule has 0 aliphatic rings. The van der Waals surface area contributed by atoms with E-state index in [9.17, 15) is 13.2 Å². The van der Waals surface area contributed by atoms with Crippen LogP contribution in [0.4, 0.5) is 5.69 Å². The molecule has 0 saturated carbocycles. The van der Waals surface area contributed by atoms with Crippen molar-refractivity contribution < 1.29 is 13.2 Å². The molecule has 2 atom stereocenters. The summed E-state index contributed by atoms with van der Waals surface area (Å²) in [5.74, 6) is -0.311. The van der Waals surface area contributed by atoms with E-state index in [-0.39, 0.29) is 17.4 Å². The molecule has 0 aromatic heterocycles. The molecule has 1 N–H and O–H groups in total. The van der Waals surface area contributed by atoms with Crippen LogP contribution in [0.1, 0.15) is 58.2 Å². The van der Waals surface area contributed by atoms with Gasteiger partial charge in [0.05, 0.1) is 18.0 Å². The van der Waals surface area contributed by atoms with Crippen LogP contribution < -0.4 is 9.62 Å². The maximum atomic E-state index is 13.0. The van der Waals surface area contributed by atoms with Crippen molar-refractivity contribution >= 4 is 21.6 Å². The molecule has 0 radical (unpaired) electrons. The Hall–Kier alpha value is -2.34. The summed E-state index contributed by atoms with van der Waals surface area (Å²) in [7, 11) is -3.62. The molecule has 158 valence electrons. The van der Waals surface area contributed by atoms with Crippen molar-refractivity contribution in [2.24, 2.45) is 0 Å². The van der Waals surface area contributed by atoms with Crippen molar-refractivity contribution in [1.29, 1.82) is 0 Å². The number of anilines is 1. The number of para-hydroxylation sites is 1. The highest BCUT2D eigenvalue weighted by molar-refractivity contribution is 7.92. The summed E-state index contributed by atoms with van der Waals surface area (Å²) in [6, 6.07) is 15.9. The quantitative estimate of drug-likeness (QED) is 0.727. The zero-order valence-electron chi connectivity index (χ0n) is 18.1. The third kappa shape index (κ3) is 5.82. The summed E-state index contributed by atoms with van der Waals surface area (Å²) in [6.45, 7) is 10.2. The summed E-state index contributed by atoms with van der Waals surface area (Å²) in [5.41, 5.74) is 2.74. The maximum Gasteiger partial charge on any atom is 0.244 e. The number of nitrogens with zero attached hydrogens (tertiary/aromatic N) is 1. The standard InChI is InChI=1S/C23H32N2O3S/c1-7-21(25(29(6,27)28)20-11-9-8-10-12-20)22(26)24-17(2)18-13-15-19(16-14-18)23(3,4)5/h8-17,21H,7H2,1-6H3,(H,24,26). The lowest BCUT2D eigenvalue weighted by Crippen LogP contribution is -2.49. The number of carbonyl (C=O) groups is 1. The fourth-order valence-corrected chi connectivity index (χ4v) is 4.51. The first-order chi connectivity index (χ1) is 13.4. The van der Waals surface area contributed by atoms with Gasteiger partial charge in [-0.1, -0.05) is 70.2 Å². The minimum Gasteiger partial charge on any atom is -0.348 e. The van der Waals surface area contributed by atoms with Gasteiger partial charge in [0.2, 0.25) is 15.9 Å². The van der Waals surface area contributed by atoms with Gasteiger partial charge in [-0.15, -0.1) is 0 Å². The normalized spacial score (nSPS) is 14.1. The number of carbonyl (C=O) groups excluding carboxylic acids is 1. The van der Waals surface area contributed by atoms with Crippen molar-refractivity contribution in [3.63, 3.8) is 0 Å². The Morgan fingerprint density at radius 2 is 1.59 bits per heavy atom. The number of hydrogen-bond donors (Lipinski definition) is 1. The lowest BCUT2D eigenvalue weighted by atomic mass is 9.86. The molecule has 2 unspecified atom stereocenters. The highest BCUT2D eigenvalue weighted by atomic mass is 32.2. The topological polar surface area (TPSA) is 66.5 Å². The lowest BCUT2D eigenvalue weighted by molar-refractivity contribution is -0.122. The summed E-state index contributed by atoms with van der Waals surface area (Å²) >= 11 is 0. The van der Waals surface area contributed by atoms with Crippen molar-refractivity contribution in [2.75, 3.05) is 10.6 Å².